The molecule has 7 heteroatoms. The van der Waals surface area contributed by atoms with E-state index in [4.69, 9.17) is 11.6 Å². The van der Waals surface area contributed by atoms with Crippen LogP contribution in [0.15, 0.2) is 55.0 Å². The number of hydrogen-bond acceptors (Lipinski definition) is 2. The summed E-state index contributed by atoms with van der Waals surface area (Å²) in [5.41, 5.74) is 8.27. The minimum atomic E-state index is -0.191. The summed E-state index contributed by atoms with van der Waals surface area (Å²) >= 11 is 6.33. The molecule has 3 aromatic carbocycles. The van der Waals surface area contributed by atoms with Crippen molar-refractivity contribution < 1.29 is 4.39 Å². The molecule has 2 unspecified atom stereocenters. The normalized spacial score (nSPS) is 13.7. The Hall–Kier alpha value is -3.64. The number of hydrogen-bond donors (Lipinski definition) is 2. The summed E-state index contributed by atoms with van der Waals surface area (Å²) in [5, 5.41) is 18.8. The first-order valence-corrected chi connectivity index (χ1v) is 14.0. The molecule has 2 N–H and O–H groups in total. The van der Waals surface area contributed by atoms with Gasteiger partial charge in [0.25, 0.3) is 0 Å². The maximum absolute atomic E-state index is 16.0. The first-order chi connectivity index (χ1) is 18.7. The van der Waals surface area contributed by atoms with Gasteiger partial charge in [0.2, 0.25) is 0 Å². The van der Waals surface area contributed by atoms with Gasteiger partial charge in [-0.1, -0.05) is 45.4 Å². The second kappa shape index (κ2) is 9.83. The van der Waals surface area contributed by atoms with Crippen molar-refractivity contribution in [3.63, 3.8) is 0 Å². The topological polar surface area (TPSA) is 62.3 Å². The molecular weight excluding hydrogens is 509 g/mol. The highest BCUT2D eigenvalue weighted by Crippen LogP contribution is 2.37. The highest BCUT2D eigenvalue weighted by Gasteiger charge is 2.23. The summed E-state index contributed by atoms with van der Waals surface area (Å²) in [7, 11) is 0. The van der Waals surface area contributed by atoms with Crippen LogP contribution < -0.4 is 0 Å². The van der Waals surface area contributed by atoms with Crippen molar-refractivity contribution in [3.05, 3.63) is 93.6 Å². The smallest absolute Gasteiger partial charge is 0.129 e. The van der Waals surface area contributed by atoms with Crippen LogP contribution in [0, 0.1) is 12.7 Å². The molecule has 2 atom stereocenters. The Morgan fingerprint density at radius 3 is 2.46 bits per heavy atom. The van der Waals surface area contributed by atoms with Gasteiger partial charge in [0.05, 0.1) is 23.4 Å². The molecule has 0 bridgehead atoms. The molecule has 0 saturated heterocycles. The van der Waals surface area contributed by atoms with Crippen LogP contribution in [0.25, 0.3) is 32.7 Å². The molecular formula is C32H33ClFN5. The Balaban J connectivity index is 1.36. The molecule has 3 aromatic heterocycles. The number of H-pyrrole nitrogens is 2. The van der Waals surface area contributed by atoms with Gasteiger partial charge in [-0.25, -0.2) is 4.39 Å². The largest absolute Gasteiger partial charge is 0.347 e. The molecule has 0 amide bonds. The third kappa shape index (κ3) is 4.41. The number of fused-ring (bicyclic) bond motifs is 3. The Morgan fingerprint density at radius 2 is 1.67 bits per heavy atom. The van der Waals surface area contributed by atoms with Gasteiger partial charge >= 0.3 is 0 Å². The Labute approximate surface area is 232 Å². The lowest BCUT2D eigenvalue weighted by atomic mass is 9.86. The van der Waals surface area contributed by atoms with E-state index in [1.807, 2.05) is 24.5 Å². The molecule has 5 nitrogen and oxygen atoms in total. The van der Waals surface area contributed by atoms with E-state index in [2.05, 4.69) is 84.0 Å². The van der Waals surface area contributed by atoms with Crippen molar-refractivity contribution in [2.75, 3.05) is 0 Å². The molecule has 0 aliphatic heterocycles. The molecule has 0 saturated carbocycles. The summed E-state index contributed by atoms with van der Waals surface area (Å²) in [6, 6.07) is 11.9. The summed E-state index contributed by atoms with van der Waals surface area (Å²) in [4.78, 5) is 0. The Morgan fingerprint density at radius 1 is 0.897 bits per heavy atom. The number of aromatic amines is 2. The van der Waals surface area contributed by atoms with E-state index >= 15 is 4.39 Å². The van der Waals surface area contributed by atoms with Crippen LogP contribution in [0.4, 0.5) is 4.39 Å². The highest BCUT2D eigenvalue weighted by molar-refractivity contribution is 6.31. The number of aromatic nitrogens is 5. The minimum Gasteiger partial charge on any atom is -0.347 e. The van der Waals surface area contributed by atoms with Gasteiger partial charge in [0.1, 0.15) is 5.82 Å². The minimum absolute atomic E-state index is 0.0763. The molecule has 0 aliphatic rings. The van der Waals surface area contributed by atoms with Crippen LogP contribution in [0.1, 0.15) is 73.3 Å². The molecule has 6 aromatic rings. The van der Waals surface area contributed by atoms with Crippen LogP contribution >= 0.6 is 11.6 Å². The predicted octanol–water partition coefficient (Wildman–Crippen LogP) is 8.77. The number of nitrogens with one attached hydrogen (secondary N) is 2. The lowest BCUT2D eigenvalue weighted by Crippen LogP contribution is -2.09. The molecule has 200 valence electrons. The van der Waals surface area contributed by atoms with Gasteiger partial charge in [0, 0.05) is 50.9 Å². The van der Waals surface area contributed by atoms with Crippen LogP contribution in [0.2, 0.25) is 5.02 Å². The number of nitrogens with zero attached hydrogens (tertiary/aromatic N) is 3. The van der Waals surface area contributed by atoms with E-state index in [9.17, 15) is 0 Å². The summed E-state index contributed by atoms with van der Waals surface area (Å²) in [6.45, 7) is 11.4. The SMILES string of the molecule is Cc1ccc2[nH]ncc2c1C(C)Cc1cc(F)c(C(C)Cn2cc(C(C)C)c3cc(Cl)ccc32)c2[nH]ncc12. The molecule has 3 heterocycles. The summed E-state index contributed by atoms with van der Waals surface area (Å²) in [5.74, 6) is 0.270. The number of rotatable bonds is 7. The average Bonchev–Trinajstić information content (AvgIpc) is 3.62. The first kappa shape index (κ1) is 25.6. The van der Waals surface area contributed by atoms with E-state index < -0.39 is 0 Å². The number of halogens is 2. The number of benzene rings is 3. The van der Waals surface area contributed by atoms with Crippen molar-refractivity contribution in [1.29, 1.82) is 0 Å². The maximum atomic E-state index is 16.0. The van der Waals surface area contributed by atoms with Gasteiger partial charge in [-0.2, -0.15) is 10.2 Å². The van der Waals surface area contributed by atoms with E-state index in [0.717, 1.165) is 43.3 Å². The van der Waals surface area contributed by atoms with Crippen molar-refractivity contribution in [3.8, 4) is 0 Å². The third-order valence-corrected chi connectivity index (χ3v) is 8.41. The standard InChI is InChI=1S/C32H33ClFN5/c1-17(2)26-16-39(29-9-7-22(33)12-23(26)29)15-20(5)31-27(34)11-21(24-13-36-38-32(24)31)10-19(4)30-18(3)6-8-28-25(30)14-35-37-28/h6-9,11-14,16-17,19-20H,10,15H2,1-5H3,(H,35,37)(H,36,38). The van der Waals surface area contributed by atoms with Crippen LogP contribution in [-0.4, -0.2) is 25.0 Å². The fraction of sp³-hybridized carbons (Fsp3) is 0.312. The maximum Gasteiger partial charge on any atom is 0.129 e. The van der Waals surface area contributed by atoms with Gasteiger partial charge in [-0.15, -0.1) is 0 Å². The first-order valence-electron chi connectivity index (χ1n) is 13.6. The second-order valence-electron chi connectivity index (χ2n) is 11.3. The van der Waals surface area contributed by atoms with Crippen LogP contribution in [-0.2, 0) is 13.0 Å². The summed E-state index contributed by atoms with van der Waals surface area (Å²) in [6.07, 6.45) is 6.62. The molecule has 0 spiro atoms. The third-order valence-electron chi connectivity index (χ3n) is 8.17. The van der Waals surface area contributed by atoms with Crippen molar-refractivity contribution >= 4 is 44.3 Å². The lowest BCUT2D eigenvalue weighted by Gasteiger charge is -2.20. The molecule has 0 fully saturated rings. The zero-order chi connectivity index (χ0) is 27.4. The van der Waals surface area contributed by atoms with Gasteiger partial charge in [0.15, 0.2) is 0 Å². The predicted molar refractivity (Wildman–Crippen MR) is 158 cm³/mol. The zero-order valence-electron chi connectivity index (χ0n) is 22.9. The Bertz CT molecular complexity index is 1830. The van der Waals surface area contributed by atoms with Crippen molar-refractivity contribution in [2.45, 2.75) is 65.3 Å². The van der Waals surface area contributed by atoms with Gasteiger partial charge in [-0.05, 0) is 77.8 Å². The molecule has 39 heavy (non-hydrogen) atoms. The quantitative estimate of drug-likeness (QED) is 0.212. The second-order valence-corrected chi connectivity index (χ2v) is 11.7. The lowest BCUT2D eigenvalue weighted by molar-refractivity contribution is 0.554. The molecule has 0 radical (unpaired) electrons. The molecule has 6 rings (SSSR count). The van der Waals surface area contributed by atoms with Gasteiger partial charge < -0.3 is 4.57 Å². The van der Waals surface area contributed by atoms with Crippen molar-refractivity contribution in [1.82, 2.24) is 25.0 Å². The van der Waals surface area contributed by atoms with E-state index in [-0.39, 0.29) is 17.7 Å². The van der Waals surface area contributed by atoms with Gasteiger partial charge in [-0.3, -0.25) is 10.2 Å². The fourth-order valence-corrected chi connectivity index (χ4v) is 6.51. The van der Waals surface area contributed by atoms with E-state index in [1.54, 1.807) is 6.07 Å². The average molecular weight is 542 g/mol. The van der Waals surface area contributed by atoms with Crippen LogP contribution in [0.3, 0.4) is 0 Å². The molecule has 0 aliphatic carbocycles. The highest BCUT2D eigenvalue weighted by atomic mass is 35.5. The Kier molecular flexibility index (Phi) is 6.46. The fourth-order valence-electron chi connectivity index (χ4n) is 6.34. The summed E-state index contributed by atoms with van der Waals surface area (Å²) < 4.78 is 18.2. The number of aryl methyl sites for hydroxylation is 1. The monoisotopic (exact) mass is 541 g/mol. The van der Waals surface area contributed by atoms with Crippen molar-refractivity contribution in [2.24, 2.45) is 0 Å². The van der Waals surface area contributed by atoms with Crippen LogP contribution in [0.5, 0.6) is 0 Å². The van der Waals surface area contributed by atoms with E-state index in [1.165, 1.54) is 16.7 Å². The van der Waals surface area contributed by atoms with E-state index in [0.29, 0.717) is 24.4 Å². The zero-order valence-corrected chi connectivity index (χ0v) is 23.7.